The summed E-state index contributed by atoms with van der Waals surface area (Å²) in [6.45, 7) is 10.7. The fourth-order valence-electron chi connectivity index (χ4n) is 13.8. The summed E-state index contributed by atoms with van der Waals surface area (Å²) in [6.07, 6.45) is 80.1. The highest BCUT2D eigenvalue weighted by molar-refractivity contribution is 4.86. The monoisotopic (exact) mass is 1080 g/mol. The molecule has 76 heavy (non-hydrogen) atoms. The maximum absolute atomic E-state index is 9.10. The van der Waals surface area contributed by atoms with Crippen LogP contribution in [0, 0.1) is 35.5 Å². The zero-order valence-electron chi connectivity index (χ0n) is 53.1. The van der Waals surface area contributed by atoms with Crippen molar-refractivity contribution in [3.8, 4) is 0 Å². The highest BCUT2D eigenvalue weighted by atomic mass is 16.3. The number of rotatable bonds is 61. The quantitative estimate of drug-likeness (QED) is 0.0458. The minimum Gasteiger partial charge on any atom is -0.396 e. The van der Waals surface area contributed by atoms with Gasteiger partial charge in [0.05, 0.1) is 0 Å². The first-order valence-electron chi connectivity index (χ1n) is 36.0. The van der Waals surface area contributed by atoms with E-state index < -0.39 is 0 Å². The molecule has 4 N–H and O–H groups in total. The molecule has 0 aliphatic heterocycles. The van der Waals surface area contributed by atoms with Gasteiger partial charge < -0.3 is 20.4 Å². The van der Waals surface area contributed by atoms with Crippen molar-refractivity contribution in [3.05, 3.63) is 0 Å². The lowest BCUT2D eigenvalue weighted by molar-refractivity contribution is 0.0813. The molecule has 6 atom stereocenters. The van der Waals surface area contributed by atoms with E-state index in [9.17, 15) is 0 Å². The molecule has 1 rings (SSSR count). The van der Waals surface area contributed by atoms with Gasteiger partial charge in [0.2, 0.25) is 0 Å². The SMILES string of the molecule is CCCCCCCCC1CC(CCCCCCCO)C(CCCCCCCC)CC1CCCCCCCO.CCCCCCCCCCC(CCCCCCCO)C(CCCCCCCC)CCCCCCCCCO. The third kappa shape index (κ3) is 50.8. The van der Waals surface area contributed by atoms with Gasteiger partial charge in [0.1, 0.15) is 0 Å². The fraction of sp³-hybridized carbons (Fsp3) is 1.00. The van der Waals surface area contributed by atoms with E-state index in [0.29, 0.717) is 26.4 Å². The third-order valence-corrected chi connectivity index (χ3v) is 18.9. The van der Waals surface area contributed by atoms with Gasteiger partial charge in [-0.15, -0.1) is 0 Å². The highest BCUT2D eigenvalue weighted by Crippen LogP contribution is 2.47. The van der Waals surface area contributed by atoms with Crippen LogP contribution < -0.4 is 0 Å². The topological polar surface area (TPSA) is 80.9 Å². The Morgan fingerprint density at radius 1 is 0.211 bits per heavy atom. The van der Waals surface area contributed by atoms with Crippen molar-refractivity contribution in [1.82, 2.24) is 0 Å². The van der Waals surface area contributed by atoms with Crippen molar-refractivity contribution in [2.45, 2.75) is 400 Å². The van der Waals surface area contributed by atoms with Crippen LogP contribution in [-0.4, -0.2) is 46.9 Å². The Morgan fingerprint density at radius 3 is 0.553 bits per heavy atom. The smallest absolute Gasteiger partial charge is 0.0431 e. The van der Waals surface area contributed by atoms with Crippen LogP contribution >= 0.6 is 0 Å². The van der Waals surface area contributed by atoms with Crippen LogP contribution in [0.15, 0.2) is 0 Å². The molecule has 0 heterocycles. The molecule has 1 saturated carbocycles. The van der Waals surface area contributed by atoms with Gasteiger partial charge in [0.25, 0.3) is 0 Å². The number of hydrogen-bond donors (Lipinski definition) is 4. The third-order valence-electron chi connectivity index (χ3n) is 18.9. The summed E-state index contributed by atoms with van der Waals surface area (Å²) in [4.78, 5) is 0. The Hall–Kier alpha value is -0.160. The summed E-state index contributed by atoms with van der Waals surface area (Å²) in [5, 5.41) is 36.3. The summed E-state index contributed by atoms with van der Waals surface area (Å²) in [6, 6.07) is 0. The van der Waals surface area contributed by atoms with Crippen molar-refractivity contribution < 1.29 is 20.4 Å². The van der Waals surface area contributed by atoms with E-state index in [0.717, 1.165) is 61.2 Å². The summed E-state index contributed by atoms with van der Waals surface area (Å²) >= 11 is 0. The molecular weight excluding hydrogens is 929 g/mol. The molecule has 0 aromatic heterocycles. The molecule has 0 amide bonds. The van der Waals surface area contributed by atoms with Gasteiger partial charge >= 0.3 is 0 Å². The first kappa shape index (κ1) is 75.8. The van der Waals surface area contributed by atoms with E-state index in [2.05, 4.69) is 27.7 Å². The Balaban J connectivity index is 0.00000148. The van der Waals surface area contributed by atoms with Gasteiger partial charge in [-0.2, -0.15) is 0 Å². The summed E-state index contributed by atoms with van der Waals surface area (Å²) < 4.78 is 0. The first-order valence-corrected chi connectivity index (χ1v) is 36.0. The molecule has 0 aromatic carbocycles. The van der Waals surface area contributed by atoms with Gasteiger partial charge in [-0.05, 0) is 74.0 Å². The summed E-state index contributed by atoms with van der Waals surface area (Å²) in [7, 11) is 0. The lowest BCUT2D eigenvalue weighted by Crippen LogP contribution is -2.32. The van der Waals surface area contributed by atoms with Crippen molar-refractivity contribution in [2.75, 3.05) is 26.4 Å². The van der Waals surface area contributed by atoms with Gasteiger partial charge in [-0.1, -0.05) is 362 Å². The Morgan fingerprint density at radius 2 is 0.368 bits per heavy atom. The largest absolute Gasteiger partial charge is 0.396 e. The maximum Gasteiger partial charge on any atom is 0.0431 e. The minimum absolute atomic E-state index is 0.363. The van der Waals surface area contributed by atoms with E-state index in [1.165, 1.54) is 347 Å². The molecule has 0 radical (unpaired) electrons. The molecule has 4 nitrogen and oxygen atoms in total. The predicted octanol–water partition coefficient (Wildman–Crippen LogP) is 23.4. The van der Waals surface area contributed by atoms with E-state index in [4.69, 9.17) is 20.4 Å². The van der Waals surface area contributed by atoms with E-state index in [1.54, 1.807) is 0 Å². The van der Waals surface area contributed by atoms with Crippen LogP contribution in [0.5, 0.6) is 0 Å². The number of aliphatic hydroxyl groups excluding tert-OH is 4. The molecule has 0 bridgehead atoms. The standard InChI is InChI=1S/C36H72O2.C36H74O2/c1-3-5-7-9-13-19-25-33-31-36(28-22-16-12-18-24-30-38)34(26-20-14-10-8-6-4-2)32-35(33)27-21-15-11-17-23-29-37;1-3-5-7-9-11-13-18-24-30-36(32-26-20-16-22-28-34-38)35(29-23-17-10-8-6-4-2)31-25-19-14-12-15-21-27-33-37/h33-38H,3-32H2,1-2H3;35-38H,3-34H2,1-2H3. The fourth-order valence-corrected chi connectivity index (χ4v) is 13.8. The zero-order valence-corrected chi connectivity index (χ0v) is 53.1. The summed E-state index contributed by atoms with van der Waals surface area (Å²) in [5.74, 6) is 5.84. The van der Waals surface area contributed by atoms with E-state index >= 15 is 0 Å². The molecule has 0 aromatic rings. The van der Waals surface area contributed by atoms with Gasteiger partial charge in [-0.25, -0.2) is 0 Å². The first-order chi connectivity index (χ1) is 37.6. The van der Waals surface area contributed by atoms with Crippen LogP contribution in [0.25, 0.3) is 0 Å². The van der Waals surface area contributed by atoms with Crippen LogP contribution in [0.2, 0.25) is 0 Å². The van der Waals surface area contributed by atoms with Crippen molar-refractivity contribution in [2.24, 2.45) is 35.5 Å². The second-order valence-electron chi connectivity index (χ2n) is 25.8. The zero-order chi connectivity index (χ0) is 55.3. The van der Waals surface area contributed by atoms with Gasteiger partial charge in [0.15, 0.2) is 0 Å². The average Bonchev–Trinajstić information content (AvgIpc) is 3.43. The number of hydrogen-bond acceptors (Lipinski definition) is 4. The molecule has 0 spiro atoms. The number of aliphatic hydroxyl groups is 4. The van der Waals surface area contributed by atoms with E-state index in [-0.39, 0.29) is 0 Å². The molecule has 1 fully saturated rings. The molecule has 1 aliphatic rings. The van der Waals surface area contributed by atoms with E-state index in [1.807, 2.05) is 0 Å². The molecule has 1 aliphatic carbocycles. The molecule has 0 saturated heterocycles. The van der Waals surface area contributed by atoms with Gasteiger partial charge in [0, 0.05) is 26.4 Å². The molecular formula is C72H146O4. The molecule has 6 unspecified atom stereocenters. The number of unbranched alkanes of at least 4 members (excludes halogenated alkanes) is 40. The second-order valence-corrected chi connectivity index (χ2v) is 25.8. The minimum atomic E-state index is 0.363. The molecule has 4 heteroatoms. The van der Waals surface area contributed by atoms with Crippen LogP contribution in [0.1, 0.15) is 400 Å². The van der Waals surface area contributed by atoms with Crippen LogP contribution in [-0.2, 0) is 0 Å². The lowest BCUT2D eigenvalue weighted by Gasteiger charge is -2.42. The van der Waals surface area contributed by atoms with Crippen molar-refractivity contribution in [3.63, 3.8) is 0 Å². The normalized spacial score (nSPS) is 17.5. The Labute approximate surface area is 480 Å². The van der Waals surface area contributed by atoms with Crippen molar-refractivity contribution >= 4 is 0 Å². The van der Waals surface area contributed by atoms with Crippen LogP contribution in [0.4, 0.5) is 0 Å². The lowest BCUT2D eigenvalue weighted by atomic mass is 9.63. The Kier molecular flexibility index (Phi) is 63.9. The van der Waals surface area contributed by atoms with Crippen LogP contribution in [0.3, 0.4) is 0 Å². The molecule has 458 valence electrons. The Bertz CT molecular complexity index is 870. The van der Waals surface area contributed by atoms with Crippen molar-refractivity contribution in [1.29, 1.82) is 0 Å². The maximum atomic E-state index is 9.10. The van der Waals surface area contributed by atoms with Gasteiger partial charge in [-0.3, -0.25) is 0 Å². The average molecular weight is 1080 g/mol. The summed E-state index contributed by atoms with van der Waals surface area (Å²) in [5.41, 5.74) is 0. The highest BCUT2D eigenvalue weighted by Gasteiger charge is 2.35. The second kappa shape index (κ2) is 64.0. The predicted molar refractivity (Wildman–Crippen MR) is 340 cm³/mol.